The number of nitrogens with one attached hydrogen (secondary N) is 4. The summed E-state index contributed by atoms with van der Waals surface area (Å²) in [6.45, 7) is 7.21. The maximum absolute atomic E-state index is 11.6. The molecule has 0 spiro atoms. The minimum Gasteiger partial charge on any atom is -0.338 e. The maximum atomic E-state index is 11.6. The van der Waals surface area contributed by atoms with Crippen molar-refractivity contribution in [3.63, 3.8) is 0 Å². The predicted octanol–water partition coefficient (Wildman–Crippen LogP) is 5.09. The molecular weight excluding hydrogens is 352 g/mol. The highest BCUT2D eigenvalue weighted by molar-refractivity contribution is 5.74. The normalized spacial score (nSPS) is 10.5. The van der Waals surface area contributed by atoms with Gasteiger partial charge in [-0.15, -0.1) is 0 Å². The van der Waals surface area contributed by atoms with Crippen LogP contribution < -0.4 is 21.3 Å². The highest BCUT2D eigenvalue weighted by atomic mass is 16.2. The zero-order valence-electron chi connectivity index (χ0n) is 18.5. The number of carbonyl (C=O) groups is 2. The Morgan fingerprint density at radius 2 is 0.679 bits per heavy atom. The van der Waals surface area contributed by atoms with E-state index < -0.39 is 0 Å². The van der Waals surface area contributed by atoms with E-state index in [1.165, 1.54) is 64.2 Å². The van der Waals surface area contributed by atoms with Crippen LogP contribution in [0.25, 0.3) is 0 Å². The Morgan fingerprint density at radius 3 is 1.00 bits per heavy atom. The third-order valence-electron chi connectivity index (χ3n) is 4.81. The van der Waals surface area contributed by atoms with Crippen LogP contribution in [0.1, 0.15) is 104 Å². The molecule has 0 heterocycles. The lowest BCUT2D eigenvalue weighted by Crippen LogP contribution is -2.38. The van der Waals surface area contributed by atoms with Crippen molar-refractivity contribution >= 4 is 12.1 Å². The number of carbonyl (C=O) groups excluding carboxylic acids is 2. The second kappa shape index (κ2) is 21.8. The summed E-state index contributed by atoms with van der Waals surface area (Å²) in [7, 11) is 0. The smallest absolute Gasteiger partial charge is 0.314 e. The van der Waals surface area contributed by atoms with Crippen molar-refractivity contribution in [3.05, 3.63) is 0 Å². The van der Waals surface area contributed by atoms with Gasteiger partial charge in [0.25, 0.3) is 0 Å². The fourth-order valence-corrected chi connectivity index (χ4v) is 2.99. The molecular formula is C22H46N4O2. The number of urea groups is 2. The van der Waals surface area contributed by atoms with Crippen LogP contribution in [-0.4, -0.2) is 38.2 Å². The molecule has 0 saturated carbocycles. The van der Waals surface area contributed by atoms with E-state index in [0.717, 1.165) is 38.8 Å². The standard InChI is InChI=1S/C22H46N4O2/c1-3-5-7-9-11-13-17-23-21(27)25-19-15-16-20-26-22(28)24-18-14-12-10-8-6-4-2/h3-20H2,1-2H3,(H2,23,25,27)(H2,24,26,28). The molecule has 0 aliphatic rings. The molecule has 0 aliphatic heterocycles. The van der Waals surface area contributed by atoms with E-state index in [9.17, 15) is 9.59 Å². The summed E-state index contributed by atoms with van der Waals surface area (Å²) in [5.74, 6) is 0. The molecule has 0 rings (SSSR count). The van der Waals surface area contributed by atoms with Gasteiger partial charge in [0.2, 0.25) is 0 Å². The molecule has 0 fully saturated rings. The maximum Gasteiger partial charge on any atom is 0.314 e. The molecule has 4 amide bonds. The molecule has 0 atom stereocenters. The Bertz CT molecular complexity index is 330. The number of hydrogen-bond acceptors (Lipinski definition) is 2. The lowest BCUT2D eigenvalue weighted by Gasteiger charge is -2.09. The van der Waals surface area contributed by atoms with E-state index in [2.05, 4.69) is 35.1 Å². The second-order valence-electron chi connectivity index (χ2n) is 7.61. The van der Waals surface area contributed by atoms with E-state index in [1.807, 2.05) is 0 Å². The van der Waals surface area contributed by atoms with Crippen LogP contribution in [0.4, 0.5) is 9.59 Å². The topological polar surface area (TPSA) is 82.3 Å². The van der Waals surface area contributed by atoms with Crippen LogP contribution in [0.2, 0.25) is 0 Å². The van der Waals surface area contributed by atoms with Crippen molar-refractivity contribution in [2.75, 3.05) is 26.2 Å². The summed E-state index contributed by atoms with van der Waals surface area (Å²) in [5.41, 5.74) is 0. The summed E-state index contributed by atoms with van der Waals surface area (Å²) in [6.07, 6.45) is 16.5. The van der Waals surface area contributed by atoms with E-state index >= 15 is 0 Å². The lowest BCUT2D eigenvalue weighted by molar-refractivity contribution is 0.238. The number of rotatable bonds is 19. The Kier molecular flexibility index (Phi) is 20.7. The average molecular weight is 399 g/mol. The van der Waals surface area contributed by atoms with Crippen molar-refractivity contribution in [2.45, 2.75) is 104 Å². The van der Waals surface area contributed by atoms with Gasteiger partial charge in [0, 0.05) is 26.2 Å². The van der Waals surface area contributed by atoms with Crippen molar-refractivity contribution in [3.8, 4) is 0 Å². The summed E-state index contributed by atoms with van der Waals surface area (Å²) >= 11 is 0. The Balaban J connectivity index is 3.28. The quantitative estimate of drug-likeness (QED) is 0.229. The Hall–Kier alpha value is -1.46. The first-order valence-electron chi connectivity index (χ1n) is 11.7. The monoisotopic (exact) mass is 398 g/mol. The van der Waals surface area contributed by atoms with Crippen molar-refractivity contribution < 1.29 is 9.59 Å². The predicted molar refractivity (Wildman–Crippen MR) is 119 cm³/mol. The van der Waals surface area contributed by atoms with Crippen LogP contribution in [0, 0.1) is 0 Å². The van der Waals surface area contributed by atoms with Crippen LogP contribution >= 0.6 is 0 Å². The number of unbranched alkanes of at least 4 members (excludes halogenated alkanes) is 11. The van der Waals surface area contributed by atoms with Crippen LogP contribution in [0.5, 0.6) is 0 Å². The fourth-order valence-electron chi connectivity index (χ4n) is 2.99. The average Bonchev–Trinajstić information content (AvgIpc) is 2.69. The van der Waals surface area contributed by atoms with Gasteiger partial charge in [-0.3, -0.25) is 0 Å². The third kappa shape index (κ3) is 20.8. The minimum absolute atomic E-state index is 0.0850. The third-order valence-corrected chi connectivity index (χ3v) is 4.81. The fraction of sp³-hybridized carbons (Fsp3) is 0.909. The van der Waals surface area contributed by atoms with Gasteiger partial charge in [0.05, 0.1) is 0 Å². The van der Waals surface area contributed by atoms with Gasteiger partial charge in [-0.25, -0.2) is 9.59 Å². The van der Waals surface area contributed by atoms with Gasteiger partial charge in [0.15, 0.2) is 0 Å². The van der Waals surface area contributed by atoms with Crippen molar-refractivity contribution in [2.24, 2.45) is 0 Å². The zero-order chi connectivity index (χ0) is 20.7. The molecule has 0 aliphatic carbocycles. The van der Waals surface area contributed by atoms with Gasteiger partial charge in [-0.2, -0.15) is 0 Å². The highest BCUT2D eigenvalue weighted by Crippen LogP contribution is 2.04. The van der Waals surface area contributed by atoms with Crippen molar-refractivity contribution in [1.82, 2.24) is 21.3 Å². The first kappa shape index (κ1) is 26.5. The van der Waals surface area contributed by atoms with E-state index in [1.54, 1.807) is 0 Å². The zero-order valence-corrected chi connectivity index (χ0v) is 18.5. The van der Waals surface area contributed by atoms with Crippen LogP contribution in [0.15, 0.2) is 0 Å². The molecule has 0 aromatic carbocycles. The molecule has 0 bridgehead atoms. The molecule has 166 valence electrons. The summed E-state index contributed by atoms with van der Waals surface area (Å²) < 4.78 is 0. The van der Waals surface area contributed by atoms with Crippen LogP contribution in [-0.2, 0) is 0 Å². The highest BCUT2D eigenvalue weighted by Gasteiger charge is 2.00. The van der Waals surface area contributed by atoms with Gasteiger partial charge in [-0.05, 0) is 25.7 Å². The summed E-state index contributed by atoms with van der Waals surface area (Å²) in [6, 6.07) is -0.170. The molecule has 6 heteroatoms. The lowest BCUT2D eigenvalue weighted by atomic mass is 10.1. The molecule has 28 heavy (non-hydrogen) atoms. The first-order valence-corrected chi connectivity index (χ1v) is 11.7. The Morgan fingerprint density at radius 1 is 0.429 bits per heavy atom. The van der Waals surface area contributed by atoms with Crippen LogP contribution in [0.3, 0.4) is 0 Å². The largest absolute Gasteiger partial charge is 0.338 e. The molecule has 0 unspecified atom stereocenters. The molecule has 0 radical (unpaired) electrons. The van der Waals surface area contributed by atoms with E-state index in [0.29, 0.717) is 13.1 Å². The molecule has 4 N–H and O–H groups in total. The Labute approximate surface area is 173 Å². The van der Waals surface area contributed by atoms with Gasteiger partial charge >= 0.3 is 12.1 Å². The summed E-state index contributed by atoms with van der Waals surface area (Å²) in [4.78, 5) is 23.3. The second-order valence-corrected chi connectivity index (χ2v) is 7.61. The first-order chi connectivity index (χ1) is 13.7. The van der Waals surface area contributed by atoms with E-state index in [-0.39, 0.29) is 12.1 Å². The van der Waals surface area contributed by atoms with Crippen molar-refractivity contribution in [1.29, 1.82) is 0 Å². The molecule has 0 aromatic rings. The van der Waals surface area contributed by atoms with E-state index in [4.69, 9.17) is 0 Å². The minimum atomic E-state index is -0.0850. The number of hydrogen-bond donors (Lipinski definition) is 4. The molecule has 0 aromatic heterocycles. The van der Waals surface area contributed by atoms with Gasteiger partial charge in [0.1, 0.15) is 0 Å². The molecule has 0 saturated heterocycles. The SMILES string of the molecule is CCCCCCCCNC(=O)NCCCCNC(=O)NCCCCCCCC. The number of amides is 4. The summed E-state index contributed by atoms with van der Waals surface area (Å²) in [5, 5.41) is 11.5. The molecule has 6 nitrogen and oxygen atoms in total. The van der Waals surface area contributed by atoms with Gasteiger partial charge in [-0.1, -0.05) is 78.1 Å². The van der Waals surface area contributed by atoms with Gasteiger partial charge < -0.3 is 21.3 Å².